The number of rotatable bonds is 7. The largest absolute Gasteiger partial charge is 0.465 e. The van der Waals surface area contributed by atoms with Gasteiger partial charge in [0.1, 0.15) is 11.8 Å². The molecule has 0 aromatic heterocycles. The van der Waals surface area contributed by atoms with Crippen molar-refractivity contribution in [3.05, 3.63) is 65.7 Å². The first-order valence-corrected chi connectivity index (χ1v) is 13.2. The first-order valence-electron chi connectivity index (χ1n) is 11.7. The van der Waals surface area contributed by atoms with Crippen LogP contribution >= 0.6 is 0 Å². The lowest BCUT2D eigenvalue weighted by Crippen LogP contribution is -2.53. The van der Waals surface area contributed by atoms with Crippen molar-refractivity contribution < 1.29 is 22.7 Å². The summed E-state index contributed by atoms with van der Waals surface area (Å²) >= 11 is 0. The van der Waals surface area contributed by atoms with E-state index in [1.54, 1.807) is 31.2 Å². The quantitative estimate of drug-likeness (QED) is 0.562. The molecule has 0 spiro atoms. The van der Waals surface area contributed by atoms with E-state index in [0.717, 1.165) is 11.1 Å². The van der Waals surface area contributed by atoms with Crippen LogP contribution in [0.3, 0.4) is 0 Å². The van der Waals surface area contributed by atoms with Crippen molar-refractivity contribution in [3.8, 4) is 0 Å². The zero-order valence-corrected chi connectivity index (χ0v) is 20.8. The molecular formula is C26H32N2O5S. The van der Waals surface area contributed by atoms with Crippen molar-refractivity contribution >= 4 is 21.8 Å². The van der Waals surface area contributed by atoms with E-state index in [1.165, 1.54) is 11.2 Å². The molecule has 2 aromatic rings. The molecule has 2 aliphatic rings. The standard InChI is InChI=1S/C26H32N2O5S/c1-4-33-25(30)24-23-17-27(16-21-8-6-5-7-9-21)15-14-26(23,20(3)29)18-28(24)34(31,32)22-12-10-19(2)11-13-22/h5-13,23-24H,4,14-18H2,1-3H3/t23-,24+,26+/m0/s1. The number of fused-ring (bicyclic) bond motifs is 1. The second kappa shape index (κ2) is 9.60. The molecule has 0 amide bonds. The van der Waals surface area contributed by atoms with Gasteiger partial charge in [0, 0.05) is 31.0 Å². The summed E-state index contributed by atoms with van der Waals surface area (Å²) in [6, 6.07) is 15.5. The SMILES string of the molecule is CCOC(=O)[C@H]1[C@@H]2CN(Cc3ccccc3)CC[C@]2(C(C)=O)CN1S(=O)(=O)c1ccc(C)cc1. The van der Waals surface area contributed by atoms with Gasteiger partial charge < -0.3 is 4.74 Å². The topological polar surface area (TPSA) is 84.0 Å². The number of likely N-dealkylation sites (tertiary alicyclic amines) is 1. The molecule has 2 aliphatic heterocycles. The number of ketones is 1. The van der Waals surface area contributed by atoms with Crippen molar-refractivity contribution in [2.45, 2.75) is 44.7 Å². The normalized spacial score (nSPS) is 25.6. The van der Waals surface area contributed by atoms with Crippen LogP contribution in [0, 0.1) is 18.3 Å². The Morgan fingerprint density at radius 2 is 1.76 bits per heavy atom. The summed E-state index contributed by atoms with van der Waals surface area (Å²) in [6.45, 7) is 7.00. The lowest BCUT2D eigenvalue weighted by atomic mass is 9.68. The summed E-state index contributed by atoms with van der Waals surface area (Å²) < 4.78 is 34.1. The number of nitrogens with zero attached hydrogens (tertiary/aromatic N) is 2. The van der Waals surface area contributed by atoms with E-state index in [-0.39, 0.29) is 23.8 Å². The van der Waals surface area contributed by atoms with Crippen LogP contribution in [-0.4, -0.2) is 61.7 Å². The minimum atomic E-state index is -4.01. The van der Waals surface area contributed by atoms with E-state index < -0.39 is 33.4 Å². The second-order valence-electron chi connectivity index (χ2n) is 9.35. The third-order valence-corrected chi connectivity index (χ3v) is 9.12. The van der Waals surface area contributed by atoms with E-state index in [0.29, 0.717) is 26.1 Å². The Kier molecular flexibility index (Phi) is 6.94. The summed E-state index contributed by atoms with van der Waals surface area (Å²) in [4.78, 5) is 28.6. The molecule has 0 saturated carbocycles. The molecule has 0 N–H and O–H groups in total. The molecule has 2 heterocycles. The average Bonchev–Trinajstić information content (AvgIpc) is 3.17. The molecule has 0 aliphatic carbocycles. The third-order valence-electron chi connectivity index (χ3n) is 7.27. The Morgan fingerprint density at radius 3 is 2.38 bits per heavy atom. The molecule has 4 rings (SSSR count). The van der Waals surface area contributed by atoms with Crippen LogP contribution in [0.25, 0.3) is 0 Å². The number of hydrogen-bond donors (Lipinski definition) is 0. The fraction of sp³-hybridized carbons (Fsp3) is 0.462. The first kappa shape index (κ1) is 24.6. The van der Waals surface area contributed by atoms with Gasteiger partial charge in [0.25, 0.3) is 0 Å². The molecular weight excluding hydrogens is 452 g/mol. The van der Waals surface area contributed by atoms with Crippen LogP contribution in [0.4, 0.5) is 0 Å². The second-order valence-corrected chi connectivity index (χ2v) is 11.2. The van der Waals surface area contributed by atoms with Crippen molar-refractivity contribution in [1.29, 1.82) is 0 Å². The Labute approximate surface area is 201 Å². The molecule has 182 valence electrons. The monoisotopic (exact) mass is 484 g/mol. The number of hydrogen-bond acceptors (Lipinski definition) is 6. The maximum atomic E-state index is 13.7. The molecule has 3 atom stereocenters. The number of benzene rings is 2. The number of sulfonamides is 1. The smallest absolute Gasteiger partial charge is 0.324 e. The van der Waals surface area contributed by atoms with Crippen molar-refractivity contribution in [2.24, 2.45) is 11.3 Å². The molecule has 0 unspecified atom stereocenters. The number of carbonyl (C=O) groups excluding carboxylic acids is 2. The maximum absolute atomic E-state index is 13.7. The van der Waals surface area contributed by atoms with Gasteiger partial charge in [0.15, 0.2) is 0 Å². The van der Waals surface area contributed by atoms with Gasteiger partial charge in [-0.05, 0) is 51.4 Å². The van der Waals surface area contributed by atoms with E-state index in [9.17, 15) is 18.0 Å². The Hall–Kier alpha value is -2.55. The zero-order chi connectivity index (χ0) is 24.5. The summed E-state index contributed by atoms with van der Waals surface area (Å²) in [5.41, 5.74) is 1.16. The fourth-order valence-corrected chi connectivity index (χ4v) is 7.07. The zero-order valence-electron chi connectivity index (χ0n) is 19.9. The molecule has 2 aromatic carbocycles. The summed E-state index contributed by atoms with van der Waals surface area (Å²) in [6.07, 6.45) is 0.496. The summed E-state index contributed by atoms with van der Waals surface area (Å²) in [7, 11) is -4.01. The third kappa shape index (κ3) is 4.42. The molecule has 34 heavy (non-hydrogen) atoms. The van der Waals surface area contributed by atoms with Gasteiger partial charge in [-0.15, -0.1) is 0 Å². The van der Waals surface area contributed by atoms with Crippen LogP contribution in [0.1, 0.15) is 31.4 Å². The van der Waals surface area contributed by atoms with Crippen LogP contribution in [0.2, 0.25) is 0 Å². The molecule has 2 saturated heterocycles. The number of Topliss-reactive ketones (excluding diaryl/α,β-unsaturated/α-hetero) is 1. The van der Waals surface area contributed by atoms with Gasteiger partial charge >= 0.3 is 5.97 Å². The minimum Gasteiger partial charge on any atom is -0.465 e. The average molecular weight is 485 g/mol. The lowest BCUT2D eigenvalue weighted by Gasteiger charge is -2.43. The highest BCUT2D eigenvalue weighted by Gasteiger charge is 2.62. The lowest BCUT2D eigenvalue weighted by molar-refractivity contribution is -0.149. The van der Waals surface area contributed by atoms with E-state index in [4.69, 9.17) is 4.74 Å². The minimum absolute atomic E-state index is 0.00807. The Morgan fingerprint density at radius 1 is 1.09 bits per heavy atom. The highest BCUT2D eigenvalue weighted by molar-refractivity contribution is 7.89. The van der Waals surface area contributed by atoms with Crippen molar-refractivity contribution in [1.82, 2.24) is 9.21 Å². The Bertz CT molecular complexity index is 1150. The Balaban J connectivity index is 1.73. The van der Waals surface area contributed by atoms with E-state index in [1.807, 2.05) is 37.3 Å². The van der Waals surface area contributed by atoms with Crippen molar-refractivity contribution in [3.63, 3.8) is 0 Å². The highest BCUT2D eigenvalue weighted by atomic mass is 32.2. The van der Waals surface area contributed by atoms with E-state index in [2.05, 4.69) is 4.90 Å². The van der Waals surface area contributed by atoms with Gasteiger partial charge in [-0.25, -0.2) is 8.42 Å². The molecule has 2 fully saturated rings. The van der Waals surface area contributed by atoms with Crippen LogP contribution in [0.15, 0.2) is 59.5 Å². The van der Waals surface area contributed by atoms with Crippen molar-refractivity contribution in [2.75, 3.05) is 26.2 Å². The molecule has 0 radical (unpaired) electrons. The van der Waals surface area contributed by atoms with Crippen LogP contribution < -0.4 is 0 Å². The van der Waals surface area contributed by atoms with Gasteiger partial charge in [-0.1, -0.05) is 48.0 Å². The van der Waals surface area contributed by atoms with Gasteiger partial charge in [-0.2, -0.15) is 4.31 Å². The number of aryl methyl sites for hydroxylation is 1. The predicted molar refractivity (Wildman–Crippen MR) is 128 cm³/mol. The van der Waals surface area contributed by atoms with Gasteiger partial charge in [0.05, 0.1) is 11.5 Å². The highest BCUT2D eigenvalue weighted by Crippen LogP contribution is 2.49. The number of esters is 1. The number of ether oxygens (including phenoxy) is 1. The van der Waals surface area contributed by atoms with Crippen LogP contribution in [0.5, 0.6) is 0 Å². The van der Waals surface area contributed by atoms with Crippen LogP contribution in [-0.2, 0) is 30.9 Å². The number of carbonyl (C=O) groups is 2. The maximum Gasteiger partial charge on any atom is 0.324 e. The van der Waals surface area contributed by atoms with Gasteiger partial charge in [-0.3, -0.25) is 14.5 Å². The molecule has 8 heteroatoms. The summed E-state index contributed by atoms with van der Waals surface area (Å²) in [5, 5.41) is 0. The first-order chi connectivity index (χ1) is 16.2. The summed E-state index contributed by atoms with van der Waals surface area (Å²) in [5.74, 6) is -1.15. The fourth-order valence-electron chi connectivity index (χ4n) is 5.39. The predicted octanol–water partition coefficient (Wildman–Crippen LogP) is 3.03. The van der Waals surface area contributed by atoms with E-state index >= 15 is 0 Å². The number of piperidine rings is 1. The molecule has 7 nitrogen and oxygen atoms in total. The van der Waals surface area contributed by atoms with Gasteiger partial charge in [0.2, 0.25) is 10.0 Å². The molecule has 0 bridgehead atoms.